The normalized spacial score (nSPS) is 11.0. The topological polar surface area (TPSA) is 78.2 Å². The maximum absolute atomic E-state index is 13.6. The summed E-state index contributed by atoms with van der Waals surface area (Å²) in [5.41, 5.74) is 5.33. The van der Waals surface area contributed by atoms with Crippen LogP contribution in [0.5, 0.6) is 0 Å². The van der Waals surface area contributed by atoms with Gasteiger partial charge < -0.3 is 19.6 Å². The summed E-state index contributed by atoms with van der Waals surface area (Å²) >= 11 is 6.05. The van der Waals surface area contributed by atoms with E-state index in [1.165, 1.54) is 0 Å². The highest BCUT2D eigenvalue weighted by Crippen LogP contribution is 2.24. The number of amides is 1. The molecular weight excluding hydrogens is 438 g/mol. The van der Waals surface area contributed by atoms with Gasteiger partial charge >= 0.3 is 5.97 Å². The number of aromatic nitrogens is 2. The molecule has 0 fully saturated rings. The minimum atomic E-state index is -0.393. The molecule has 33 heavy (non-hydrogen) atoms. The number of carbonyl (C=O) groups excluding carboxylic acids is 2. The molecule has 2 heterocycles. The molecule has 0 saturated carbocycles. The van der Waals surface area contributed by atoms with Crippen molar-refractivity contribution in [1.82, 2.24) is 14.9 Å². The number of esters is 1. The van der Waals surface area contributed by atoms with Crippen molar-refractivity contribution in [3.8, 4) is 0 Å². The average Bonchev–Trinajstić information content (AvgIpc) is 3.36. The quantitative estimate of drug-likeness (QED) is 0.341. The number of hydrogen-bond acceptors (Lipinski definition) is 3. The summed E-state index contributed by atoms with van der Waals surface area (Å²) in [4.78, 5) is 34.1. The highest BCUT2D eigenvalue weighted by molar-refractivity contribution is 6.30. The van der Waals surface area contributed by atoms with E-state index in [0.29, 0.717) is 36.1 Å². The van der Waals surface area contributed by atoms with E-state index in [2.05, 4.69) is 9.97 Å². The number of ether oxygens (including phenoxy) is 1. The van der Waals surface area contributed by atoms with E-state index in [4.69, 9.17) is 16.3 Å². The summed E-state index contributed by atoms with van der Waals surface area (Å²) in [6.07, 6.45) is 0. The Morgan fingerprint density at radius 1 is 1.00 bits per heavy atom. The minimum absolute atomic E-state index is 0.126. The van der Waals surface area contributed by atoms with Crippen LogP contribution < -0.4 is 0 Å². The van der Waals surface area contributed by atoms with Crippen molar-refractivity contribution in [2.24, 2.45) is 0 Å². The molecule has 6 nitrogen and oxygen atoms in total. The van der Waals surface area contributed by atoms with E-state index in [1.807, 2.05) is 68.4 Å². The van der Waals surface area contributed by atoms with Crippen molar-refractivity contribution >= 4 is 34.4 Å². The van der Waals surface area contributed by atoms with E-state index < -0.39 is 5.97 Å². The molecule has 170 valence electrons. The van der Waals surface area contributed by atoms with E-state index in [1.54, 1.807) is 11.8 Å². The first-order valence-corrected chi connectivity index (χ1v) is 11.2. The molecule has 0 spiro atoms. The lowest BCUT2D eigenvalue weighted by Gasteiger charge is -2.23. The lowest BCUT2D eigenvalue weighted by Crippen LogP contribution is -2.30. The van der Waals surface area contributed by atoms with Gasteiger partial charge in [0, 0.05) is 34.7 Å². The first-order valence-electron chi connectivity index (χ1n) is 10.8. The number of aromatic amines is 2. The minimum Gasteiger partial charge on any atom is -0.461 e. The molecule has 0 saturated heterocycles. The smallest absolute Gasteiger partial charge is 0.355 e. The number of hydrogen-bond donors (Lipinski definition) is 2. The summed E-state index contributed by atoms with van der Waals surface area (Å²) < 4.78 is 5.17. The van der Waals surface area contributed by atoms with Gasteiger partial charge in [0.15, 0.2) is 0 Å². The molecule has 0 unspecified atom stereocenters. The summed E-state index contributed by atoms with van der Waals surface area (Å²) in [7, 11) is 0. The number of H-pyrrole nitrogens is 2. The van der Waals surface area contributed by atoms with Crippen LogP contribution in [-0.2, 0) is 17.8 Å². The Morgan fingerprint density at radius 3 is 2.42 bits per heavy atom. The number of fused-ring (bicyclic) bond motifs is 1. The van der Waals surface area contributed by atoms with Crippen LogP contribution in [0.25, 0.3) is 10.9 Å². The van der Waals surface area contributed by atoms with Gasteiger partial charge in [0.05, 0.1) is 6.61 Å². The van der Waals surface area contributed by atoms with E-state index in [9.17, 15) is 9.59 Å². The van der Waals surface area contributed by atoms with Crippen LogP contribution in [0.3, 0.4) is 0 Å². The zero-order valence-corrected chi connectivity index (χ0v) is 19.6. The zero-order chi connectivity index (χ0) is 23.5. The molecular formula is C26H26ClN3O3. The molecule has 0 aliphatic rings. The van der Waals surface area contributed by atoms with Crippen molar-refractivity contribution in [3.63, 3.8) is 0 Å². The number of rotatable bonds is 7. The molecule has 0 aliphatic heterocycles. The van der Waals surface area contributed by atoms with Crippen LogP contribution in [0.4, 0.5) is 0 Å². The molecule has 4 aromatic rings. The molecule has 0 bridgehead atoms. The fraction of sp³-hybridized carbons (Fsp3) is 0.231. The zero-order valence-electron chi connectivity index (χ0n) is 18.9. The number of benzene rings is 2. The van der Waals surface area contributed by atoms with Gasteiger partial charge in [-0.25, -0.2) is 4.79 Å². The molecule has 4 rings (SSSR count). The van der Waals surface area contributed by atoms with Crippen molar-refractivity contribution in [2.45, 2.75) is 33.9 Å². The van der Waals surface area contributed by atoms with Crippen molar-refractivity contribution in [1.29, 1.82) is 0 Å². The number of para-hydroxylation sites is 1. The molecule has 0 atom stereocenters. The fourth-order valence-electron chi connectivity index (χ4n) is 3.99. The van der Waals surface area contributed by atoms with Crippen molar-refractivity contribution in [2.75, 3.05) is 6.61 Å². The second-order valence-electron chi connectivity index (χ2n) is 8.01. The first-order chi connectivity index (χ1) is 15.9. The average molecular weight is 464 g/mol. The fourth-order valence-corrected chi connectivity index (χ4v) is 4.12. The molecule has 0 radical (unpaired) electrons. The predicted molar refractivity (Wildman–Crippen MR) is 130 cm³/mol. The van der Waals surface area contributed by atoms with Gasteiger partial charge in [-0.15, -0.1) is 0 Å². The summed E-state index contributed by atoms with van der Waals surface area (Å²) in [6.45, 7) is 6.58. The summed E-state index contributed by atoms with van der Waals surface area (Å²) in [5.74, 6) is -0.519. The third-order valence-corrected chi connectivity index (χ3v) is 6.01. The van der Waals surface area contributed by atoms with Gasteiger partial charge in [0.2, 0.25) is 0 Å². The lowest BCUT2D eigenvalue weighted by atomic mass is 10.1. The van der Waals surface area contributed by atoms with Crippen molar-refractivity contribution in [3.05, 3.63) is 93.4 Å². The van der Waals surface area contributed by atoms with Gasteiger partial charge in [0.1, 0.15) is 11.4 Å². The Morgan fingerprint density at radius 2 is 1.73 bits per heavy atom. The van der Waals surface area contributed by atoms with E-state index >= 15 is 0 Å². The summed E-state index contributed by atoms with van der Waals surface area (Å²) in [5, 5.41) is 1.62. The van der Waals surface area contributed by atoms with E-state index in [0.717, 1.165) is 33.3 Å². The molecule has 2 N–H and O–H groups in total. The van der Waals surface area contributed by atoms with Gasteiger partial charge in [-0.3, -0.25) is 4.79 Å². The second-order valence-corrected chi connectivity index (χ2v) is 8.44. The third kappa shape index (κ3) is 4.81. The van der Waals surface area contributed by atoms with Gasteiger partial charge in [-0.1, -0.05) is 41.9 Å². The number of nitrogens with one attached hydrogen (secondary N) is 2. The first kappa shape index (κ1) is 22.7. The second kappa shape index (κ2) is 9.55. The number of aryl methyl sites for hydroxylation is 1. The van der Waals surface area contributed by atoms with Crippen molar-refractivity contribution < 1.29 is 14.3 Å². The Kier molecular flexibility index (Phi) is 6.56. The van der Waals surface area contributed by atoms with E-state index in [-0.39, 0.29) is 5.91 Å². The highest BCUT2D eigenvalue weighted by Gasteiger charge is 2.24. The largest absolute Gasteiger partial charge is 0.461 e. The molecule has 1 amide bonds. The standard InChI is InChI=1S/C26H26ClN3O3/c1-4-33-26(32)24-16(2)21(17(3)28-24)15-30(14-18-9-11-20(27)12-10-18)25(31)23-13-19-7-5-6-8-22(19)29-23/h5-13,28-29H,4,14-15H2,1-3H3. The van der Waals surface area contributed by atoms with Gasteiger partial charge in [-0.05, 0) is 61.7 Å². The van der Waals surface area contributed by atoms with Crippen LogP contribution in [-0.4, -0.2) is 33.4 Å². The van der Waals surface area contributed by atoms with Gasteiger partial charge in [-0.2, -0.15) is 0 Å². The maximum Gasteiger partial charge on any atom is 0.355 e. The molecule has 2 aromatic heterocycles. The molecule has 2 aromatic carbocycles. The van der Waals surface area contributed by atoms with Crippen LogP contribution >= 0.6 is 11.6 Å². The van der Waals surface area contributed by atoms with Crippen LogP contribution in [0.2, 0.25) is 5.02 Å². The van der Waals surface area contributed by atoms with Gasteiger partial charge in [0.25, 0.3) is 5.91 Å². The molecule has 7 heteroatoms. The van der Waals surface area contributed by atoms with Crippen LogP contribution in [0.1, 0.15) is 50.3 Å². The monoisotopic (exact) mass is 463 g/mol. The Bertz CT molecular complexity index is 1270. The molecule has 0 aliphatic carbocycles. The Balaban J connectivity index is 1.69. The number of halogens is 1. The third-order valence-electron chi connectivity index (χ3n) is 5.76. The Hall–Kier alpha value is -3.51. The summed E-state index contributed by atoms with van der Waals surface area (Å²) in [6, 6.07) is 17.1. The number of carbonyl (C=O) groups is 2. The highest BCUT2D eigenvalue weighted by atomic mass is 35.5. The predicted octanol–water partition coefficient (Wildman–Crippen LogP) is 5.79. The SMILES string of the molecule is CCOC(=O)c1[nH]c(C)c(CN(Cc2ccc(Cl)cc2)C(=O)c2cc3ccccc3[nH]2)c1C. The lowest BCUT2D eigenvalue weighted by molar-refractivity contribution is 0.0519. The number of nitrogens with zero attached hydrogens (tertiary/aromatic N) is 1. The maximum atomic E-state index is 13.6. The van der Waals surface area contributed by atoms with Crippen LogP contribution in [0, 0.1) is 13.8 Å². The Labute approximate surface area is 197 Å². The van der Waals surface area contributed by atoms with Crippen LogP contribution in [0.15, 0.2) is 54.6 Å².